The van der Waals surface area contributed by atoms with Gasteiger partial charge < -0.3 is 29.1 Å². The molecule has 2 amide bonds. The minimum absolute atomic E-state index is 0.00670. The van der Waals surface area contributed by atoms with Crippen LogP contribution in [0.2, 0.25) is 0 Å². The molecule has 1 N–H and O–H groups in total. The van der Waals surface area contributed by atoms with Gasteiger partial charge in [-0.2, -0.15) is 0 Å². The maximum absolute atomic E-state index is 12.4. The minimum Gasteiger partial charge on any atom is -0.508 e. The van der Waals surface area contributed by atoms with Crippen LogP contribution in [0, 0.1) is 0 Å². The predicted octanol–water partition coefficient (Wildman–Crippen LogP) is 2.31. The Morgan fingerprint density at radius 3 is 1.87 bits per heavy atom. The van der Waals surface area contributed by atoms with Crippen LogP contribution in [-0.2, 0) is 9.59 Å². The summed E-state index contributed by atoms with van der Waals surface area (Å²) < 4.78 is 16.3. The second kappa shape index (κ2) is 11.1. The number of methoxy groups -OCH3 is 1. The molecule has 2 aromatic carbocycles. The SMILES string of the molecule is COc1cccc(OCCC(=O)N2CCN(C(=O)CCOc3ccc(O)cc3)CC2)c1. The van der Waals surface area contributed by atoms with Crippen molar-refractivity contribution in [2.75, 3.05) is 46.5 Å². The summed E-state index contributed by atoms with van der Waals surface area (Å²) in [4.78, 5) is 28.3. The molecule has 0 spiro atoms. The van der Waals surface area contributed by atoms with E-state index in [9.17, 15) is 14.7 Å². The Kier molecular flexibility index (Phi) is 7.98. The van der Waals surface area contributed by atoms with Gasteiger partial charge in [-0.15, -0.1) is 0 Å². The van der Waals surface area contributed by atoms with Crippen LogP contribution in [-0.4, -0.2) is 73.2 Å². The number of aromatic hydroxyl groups is 1. The van der Waals surface area contributed by atoms with E-state index >= 15 is 0 Å². The van der Waals surface area contributed by atoms with Crippen LogP contribution >= 0.6 is 0 Å². The molecule has 3 rings (SSSR count). The lowest BCUT2D eigenvalue weighted by atomic mass is 10.2. The number of hydrogen-bond acceptors (Lipinski definition) is 6. The summed E-state index contributed by atoms with van der Waals surface area (Å²) in [6.45, 7) is 2.62. The summed E-state index contributed by atoms with van der Waals surface area (Å²) in [7, 11) is 1.59. The summed E-state index contributed by atoms with van der Waals surface area (Å²) in [6, 6.07) is 13.7. The number of nitrogens with zero attached hydrogens (tertiary/aromatic N) is 2. The Morgan fingerprint density at radius 2 is 1.32 bits per heavy atom. The lowest BCUT2D eigenvalue weighted by Crippen LogP contribution is -2.51. The third-order valence-electron chi connectivity index (χ3n) is 5.03. The summed E-state index contributed by atoms with van der Waals surface area (Å²) >= 11 is 0. The van der Waals surface area contributed by atoms with Gasteiger partial charge in [-0.1, -0.05) is 6.07 Å². The van der Waals surface area contributed by atoms with Gasteiger partial charge in [0, 0.05) is 32.2 Å². The highest BCUT2D eigenvalue weighted by Gasteiger charge is 2.23. The van der Waals surface area contributed by atoms with Gasteiger partial charge in [0.15, 0.2) is 0 Å². The molecule has 8 heteroatoms. The van der Waals surface area contributed by atoms with Gasteiger partial charge in [0.25, 0.3) is 0 Å². The molecule has 0 saturated carbocycles. The van der Waals surface area contributed by atoms with Crippen molar-refractivity contribution in [3.05, 3.63) is 48.5 Å². The summed E-state index contributed by atoms with van der Waals surface area (Å²) in [5.41, 5.74) is 0. The fraction of sp³-hybridized carbons (Fsp3) is 0.391. The maximum Gasteiger partial charge on any atom is 0.226 e. The van der Waals surface area contributed by atoms with Crippen molar-refractivity contribution >= 4 is 11.8 Å². The average Bonchev–Trinajstić information content (AvgIpc) is 2.80. The quantitative estimate of drug-likeness (QED) is 0.659. The van der Waals surface area contributed by atoms with E-state index in [2.05, 4.69) is 0 Å². The monoisotopic (exact) mass is 428 g/mol. The molecular formula is C23H28N2O6. The van der Waals surface area contributed by atoms with Crippen LogP contribution in [0.25, 0.3) is 0 Å². The van der Waals surface area contributed by atoms with Gasteiger partial charge in [0.05, 0.1) is 33.2 Å². The lowest BCUT2D eigenvalue weighted by Gasteiger charge is -2.35. The first-order valence-electron chi connectivity index (χ1n) is 10.3. The molecular weight excluding hydrogens is 400 g/mol. The molecule has 1 saturated heterocycles. The van der Waals surface area contributed by atoms with E-state index in [1.807, 2.05) is 18.2 Å². The number of phenols is 1. The number of amides is 2. The Morgan fingerprint density at radius 1 is 0.806 bits per heavy atom. The highest BCUT2D eigenvalue weighted by Crippen LogP contribution is 2.19. The van der Waals surface area contributed by atoms with Crippen molar-refractivity contribution < 1.29 is 28.9 Å². The molecule has 2 aromatic rings. The van der Waals surface area contributed by atoms with Crippen molar-refractivity contribution in [2.24, 2.45) is 0 Å². The molecule has 1 heterocycles. The third kappa shape index (κ3) is 6.80. The molecule has 0 aliphatic carbocycles. The molecule has 0 atom stereocenters. The van der Waals surface area contributed by atoms with Gasteiger partial charge in [-0.3, -0.25) is 9.59 Å². The Bertz CT molecular complexity index is 863. The van der Waals surface area contributed by atoms with Crippen molar-refractivity contribution in [3.8, 4) is 23.0 Å². The fourth-order valence-electron chi connectivity index (χ4n) is 3.27. The second-order valence-corrected chi connectivity index (χ2v) is 7.13. The maximum atomic E-state index is 12.4. The number of rotatable bonds is 9. The molecule has 8 nitrogen and oxygen atoms in total. The van der Waals surface area contributed by atoms with Crippen LogP contribution in [0.1, 0.15) is 12.8 Å². The molecule has 31 heavy (non-hydrogen) atoms. The number of benzene rings is 2. The number of carbonyl (C=O) groups excluding carboxylic acids is 2. The van der Waals surface area contributed by atoms with Crippen molar-refractivity contribution in [2.45, 2.75) is 12.8 Å². The summed E-state index contributed by atoms with van der Waals surface area (Å²) in [5, 5.41) is 9.26. The number of piperazine rings is 1. The standard InChI is InChI=1S/C23H28N2O6/c1-29-20-3-2-4-21(17-20)31-16-10-23(28)25-13-11-24(12-14-25)22(27)9-15-30-19-7-5-18(26)6-8-19/h2-8,17,26H,9-16H2,1H3. The zero-order valence-electron chi connectivity index (χ0n) is 17.7. The molecule has 0 bridgehead atoms. The number of ether oxygens (including phenoxy) is 3. The normalized spacial score (nSPS) is 13.6. The molecule has 1 fully saturated rings. The molecule has 1 aliphatic heterocycles. The summed E-state index contributed by atoms with van der Waals surface area (Å²) in [6.07, 6.45) is 0.550. The first-order valence-corrected chi connectivity index (χ1v) is 10.3. The largest absolute Gasteiger partial charge is 0.508 e. The zero-order chi connectivity index (χ0) is 22.1. The molecule has 1 aliphatic rings. The molecule has 0 unspecified atom stereocenters. The van der Waals surface area contributed by atoms with Gasteiger partial charge in [0.1, 0.15) is 23.0 Å². The lowest BCUT2D eigenvalue weighted by molar-refractivity contribution is -0.140. The third-order valence-corrected chi connectivity index (χ3v) is 5.03. The van der Waals surface area contributed by atoms with E-state index in [0.29, 0.717) is 50.0 Å². The van der Waals surface area contributed by atoms with Crippen molar-refractivity contribution in [1.29, 1.82) is 0 Å². The van der Waals surface area contributed by atoms with Gasteiger partial charge in [-0.05, 0) is 36.4 Å². The molecule has 0 radical (unpaired) electrons. The fourth-order valence-corrected chi connectivity index (χ4v) is 3.27. The van der Waals surface area contributed by atoms with Crippen LogP contribution < -0.4 is 14.2 Å². The minimum atomic E-state index is 0.00670. The second-order valence-electron chi connectivity index (χ2n) is 7.13. The van der Waals surface area contributed by atoms with E-state index < -0.39 is 0 Å². The number of hydrogen-bond donors (Lipinski definition) is 1. The van der Waals surface area contributed by atoms with E-state index in [0.717, 1.165) is 0 Å². The highest BCUT2D eigenvalue weighted by atomic mass is 16.5. The van der Waals surface area contributed by atoms with E-state index in [-0.39, 0.29) is 37.0 Å². The average molecular weight is 428 g/mol. The van der Waals surface area contributed by atoms with Crippen molar-refractivity contribution in [3.63, 3.8) is 0 Å². The van der Waals surface area contributed by atoms with Gasteiger partial charge in [-0.25, -0.2) is 0 Å². The first kappa shape index (κ1) is 22.3. The van der Waals surface area contributed by atoms with E-state index in [1.54, 1.807) is 35.1 Å². The Balaban J connectivity index is 1.33. The molecule has 166 valence electrons. The van der Waals surface area contributed by atoms with Gasteiger partial charge in [0.2, 0.25) is 11.8 Å². The van der Waals surface area contributed by atoms with Gasteiger partial charge >= 0.3 is 0 Å². The van der Waals surface area contributed by atoms with Crippen LogP contribution in [0.4, 0.5) is 0 Å². The van der Waals surface area contributed by atoms with E-state index in [1.165, 1.54) is 12.1 Å². The molecule has 0 aromatic heterocycles. The first-order chi connectivity index (χ1) is 15.0. The van der Waals surface area contributed by atoms with Crippen LogP contribution in [0.15, 0.2) is 48.5 Å². The predicted molar refractivity (Wildman–Crippen MR) is 114 cm³/mol. The van der Waals surface area contributed by atoms with Crippen molar-refractivity contribution in [1.82, 2.24) is 9.80 Å². The Labute approximate surface area is 181 Å². The van der Waals surface area contributed by atoms with Crippen LogP contribution in [0.5, 0.6) is 23.0 Å². The highest BCUT2D eigenvalue weighted by molar-refractivity contribution is 5.78. The smallest absolute Gasteiger partial charge is 0.226 e. The number of phenolic OH excluding ortho intramolecular Hbond substituents is 1. The van der Waals surface area contributed by atoms with Crippen LogP contribution in [0.3, 0.4) is 0 Å². The van der Waals surface area contributed by atoms with E-state index in [4.69, 9.17) is 14.2 Å². The Hall–Kier alpha value is -3.42. The number of carbonyl (C=O) groups is 2. The summed E-state index contributed by atoms with van der Waals surface area (Å²) in [5.74, 6) is 2.17. The topological polar surface area (TPSA) is 88.5 Å². The zero-order valence-corrected chi connectivity index (χ0v) is 17.7.